The number of rotatable bonds is 6. The van der Waals surface area contributed by atoms with E-state index >= 15 is 0 Å². The lowest BCUT2D eigenvalue weighted by molar-refractivity contribution is -0.162. The van der Waals surface area contributed by atoms with Gasteiger partial charge in [-0.1, -0.05) is 51.5 Å². The van der Waals surface area contributed by atoms with Gasteiger partial charge in [0, 0.05) is 12.6 Å². The monoisotopic (exact) mass is 502 g/mol. The van der Waals surface area contributed by atoms with E-state index in [1.165, 1.54) is 4.90 Å². The van der Waals surface area contributed by atoms with Crippen LogP contribution in [0.2, 0.25) is 0 Å². The summed E-state index contributed by atoms with van der Waals surface area (Å²) in [6, 6.07) is -1.57. The summed E-state index contributed by atoms with van der Waals surface area (Å²) in [7, 11) is 0. The minimum atomic E-state index is -1.33. The Hall–Kier alpha value is -2.19. The molecule has 0 saturated carbocycles. The molecule has 1 spiro atoms. The van der Waals surface area contributed by atoms with Crippen molar-refractivity contribution in [1.29, 1.82) is 0 Å². The Bertz CT molecular complexity index is 931. The van der Waals surface area contributed by atoms with Gasteiger partial charge in [0.15, 0.2) is 0 Å². The average Bonchev–Trinajstić information content (AvgIpc) is 3.14. The minimum Gasteiger partial charge on any atom is -0.465 e. The van der Waals surface area contributed by atoms with E-state index in [9.17, 15) is 19.5 Å². The molecule has 0 aromatic carbocycles. The lowest BCUT2D eigenvalue weighted by Crippen LogP contribution is -2.60. The van der Waals surface area contributed by atoms with Gasteiger partial charge >= 0.3 is 5.97 Å². The molecule has 4 heterocycles. The molecule has 4 rings (SSSR count). The number of aliphatic hydroxyl groups excluding tert-OH is 1. The van der Waals surface area contributed by atoms with Crippen LogP contribution in [0.3, 0.4) is 0 Å². The Labute approximate surface area is 214 Å². The molecule has 8 heteroatoms. The number of amides is 2. The van der Waals surface area contributed by atoms with Crippen LogP contribution in [0.15, 0.2) is 24.3 Å². The number of esters is 1. The molecule has 7 atom stereocenters. The van der Waals surface area contributed by atoms with Crippen LogP contribution < -0.4 is 0 Å². The van der Waals surface area contributed by atoms with Gasteiger partial charge in [-0.05, 0) is 45.4 Å². The third kappa shape index (κ3) is 4.20. The summed E-state index contributed by atoms with van der Waals surface area (Å²) in [4.78, 5) is 45.5. The van der Waals surface area contributed by atoms with Crippen molar-refractivity contribution in [2.75, 3.05) is 19.8 Å². The summed E-state index contributed by atoms with van der Waals surface area (Å²) in [5.41, 5.74) is -2.42. The highest BCUT2D eigenvalue weighted by molar-refractivity contribution is 5.99. The molecular weight excluding hydrogens is 460 g/mol. The summed E-state index contributed by atoms with van der Waals surface area (Å²) in [6.45, 7) is 10.2. The van der Waals surface area contributed by atoms with Gasteiger partial charge in [-0.2, -0.15) is 0 Å². The summed E-state index contributed by atoms with van der Waals surface area (Å²) in [5.74, 6) is -2.90. The van der Waals surface area contributed by atoms with E-state index in [1.807, 2.05) is 56.9 Å². The Morgan fingerprint density at radius 2 is 1.83 bits per heavy atom. The van der Waals surface area contributed by atoms with E-state index < -0.39 is 41.1 Å². The van der Waals surface area contributed by atoms with E-state index in [1.54, 1.807) is 0 Å². The van der Waals surface area contributed by atoms with Crippen molar-refractivity contribution in [3.8, 4) is 0 Å². The molecule has 0 aromatic heterocycles. The number of ether oxygens (including phenoxy) is 2. The highest BCUT2D eigenvalue weighted by Gasteiger charge is 2.75. The van der Waals surface area contributed by atoms with Crippen molar-refractivity contribution >= 4 is 17.8 Å². The van der Waals surface area contributed by atoms with Crippen LogP contribution in [0.25, 0.3) is 0 Å². The van der Waals surface area contributed by atoms with Crippen LogP contribution in [0.4, 0.5) is 0 Å². The summed E-state index contributed by atoms with van der Waals surface area (Å²) in [6.07, 6.45) is 11.9. The maximum absolute atomic E-state index is 14.3. The number of aliphatic hydroxyl groups is 1. The van der Waals surface area contributed by atoms with E-state index in [0.29, 0.717) is 13.2 Å². The molecule has 2 saturated heterocycles. The third-order valence-corrected chi connectivity index (χ3v) is 8.52. The molecule has 4 aliphatic rings. The predicted molar refractivity (Wildman–Crippen MR) is 135 cm³/mol. The van der Waals surface area contributed by atoms with Gasteiger partial charge in [0.2, 0.25) is 11.8 Å². The molecule has 0 aliphatic carbocycles. The Morgan fingerprint density at radius 1 is 1.08 bits per heavy atom. The van der Waals surface area contributed by atoms with Gasteiger partial charge in [0.1, 0.15) is 17.6 Å². The maximum Gasteiger partial charge on any atom is 0.313 e. The fourth-order valence-corrected chi connectivity index (χ4v) is 6.70. The van der Waals surface area contributed by atoms with Crippen LogP contribution in [-0.2, 0) is 23.9 Å². The summed E-state index contributed by atoms with van der Waals surface area (Å²) in [5, 5.41) is 10.3. The maximum atomic E-state index is 14.3. The topological polar surface area (TPSA) is 96.4 Å². The molecule has 36 heavy (non-hydrogen) atoms. The Morgan fingerprint density at radius 3 is 2.50 bits per heavy atom. The second kappa shape index (κ2) is 10.3. The molecular formula is C28H42N2O6. The van der Waals surface area contributed by atoms with Gasteiger partial charge in [-0.15, -0.1) is 0 Å². The first-order valence-corrected chi connectivity index (χ1v) is 13.6. The van der Waals surface area contributed by atoms with Crippen LogP contribution in [0.1, 0.15) is 66.7 Å². The molecule has 0 bridgehead atoms. The second-order valence-electron chi connectivity index (χ2n) is 11.3. The minimum absolute atomic E-state index is 0.0209. The van der Waals surface area contributed by atoms with Crippen molar-refractivity contribution in [3.63, 3.8) is 0 Å². The molecule has 8 nitrogen and oxygen atoms in total. The molecule has 0 radical (unpaired) electrons. The van der Waals surface area contributed by atoms with Crippen LogP contribution in [0, 0.1) is 17.8 Å². The van der Waals surface area contributed by atoms with Crippen molar-refractivity contribution in [2.24, 2.45) is 17.8 Å². The first-order valence-electron chi connectivity index (χ1n) is 13.6. The highest BCUT2D eigenvalue weighted by Crippen LogP contribution is 2.57. The van der Waals surface area contributed by atoms with Crippen molar-refractivity contribution in [3.05, 3.63) is 24.3 Å². The number of cyclic esters (lactones) is 1. The first-order chi connectivity index (χ1) is 17.1. The van der Waals surface area contributed by atoms with Gasteiger partial charge in [-0.25, -0.2) is 0 Å². The Balaban J connectivity index is 1.89. The summed E-state index contributed by atoms with van der Waals surface area (Å²) < 4.78 is 12.5. The molecule has 4 aliphatic heterocycles. The zero-order valence-corrected chi connectivity index (χ0v) is 22.3. The standard InChI is InChI=1S/C28H42N2O6/c1-6-12-19(4)29-15-11-14-28-21(24(32)30(23(28)25(29)33)20(17-31)18(2)3)22-26(34)35-16-10-8-7-9-13-27(22,5)36-28/h9,11,13-14,18-23,31H,6-8,10,12,15-17H2,1-5H3/b13-9-/t19?,20-,21-,22+,23?,27-,28-/m0/s1. The lowest BCUT2D eigenvalue weighted by atomic mass is 9.74. The normalized spacial score (nSPS) is 37.2. The molecule has 1 N–H and O–H groups in total. The first kappa shape index (κ1) is 26.9. The zero-order chi connectivity index (χ0) is 26.3. The van der Waals surface area contributed by atoms with Gasteiger partial charge in [0.25, 0.3) is 0 Å². The number of hydrogen-bond acceptors (Lipinski definition) is 6. The number of nitrogens with zero attached hydrogens (tertiary/aromatic N) is 2. The largest absolute Gasteiger partial charge is 0.465 e. The van der Waals surface area contributed by atoms with Crippen molar-refractivity contribution in [2.45, 2.75) is 96.1 Å². The number of fused-ring (bicyclic) bond motifs is 2. The summed E-state index contributed by atoms with van der Waals surface area (Å²) >= 11 is 0. The van der Waals surface area contributed by atoms with Gasteiger partial charge < -0.3 is 24.4 Å². The third-order valence-electron chi connectivity index (χ3n) is 8.52. The van der Waals surface area contributed by atoms with Crippen molar-refractivity contribution in [1.82, 2.24) is 9.80 Å². The van der Waals surface area contributed by atoms with E-state index in [0.717, 1.165) is 32.1 Å². The highest BCUT2D eigenvalue weighted by atomic mass is 16.6. The molecule has 0 aromatic rings. The SMILES string of the molecule is CCCC(C)N1CC=C[C@]23O[C@@]4(C)/C=C\CCCCOC(=O)[C@H]4[C@H]2C(=O)N([C@@H](CO)C(C)C)C3C1=O. The number of allylic oxidation sites excluding steroid dienone is 1. The molecule has 200 valence electrons. The zero-order valence-electron chi connectivity index (χ0n) is 22.3. The smallest absolute Gasteiger partial charge is 0.313 e. The molecule has 2 amide bonds. The quantitative estimate of drug-likeness (QED) is 0.443. The van der Waals surface area contributed by atoms with E-state index in [4.69, 9.17) is 9.47 Å². The molecule has 2 unspecified atom stereocenters. The second-order valence-corrected chi connectivity index (χ2v) is 11.3. The van der Waals surface area contributed by atoms with E-state index in [-0.39, 0.29) is 30.4 Å². The Kier molecular flexibility index (Phi) is 7.68. The van der Waals surface area contributed by atoms with Gasteiger partial charge in [-0.3, -0.25) is 14.4 Å². The van der Waals surface area contributed by atoms with E-state index in [2.05, 4.69) is 6.92 Å². The predicted octanol–water partition coefficient (Wildman–Crippen LogP) is 2.84. The fourth-order valence-electron chi connectivity index (χ4n) is 6.70. The molecule has 2 fully saturated rings. The lowest BCUT2D eigenvalue weighted by Gasteiger charge is -2.42. The number of carbonyl (C=O) groups excluding carboxylic acids is 3. The fraction of sp³-hybridized carbons (Fsp3) is 0.750. The number of hydrogen-bond donors (Lipinski definition) is 1. The average molecular weight is 503 g/mol. The van der Waals surface area contributed by atoms with Crippen LogP contribution in [0.5, 0.6) is 0 Å². The van der Waals surface area contributed by atoms with Crippen LogP contribution >= 0.6 is 0 Å². The number of carbonyl (C=O) groups is 3. The van der Waals surface area contributed by atoms with Crippen LogP contribution in [-0.4, -0.2) is 81.8 Å². The number of likely N-dealkylation sites (tertiary alicyclic amines) is 1. The van der Waals surface area contributed by atoms with Gasteiger partial charge in [0.05, 0.1) is 30.8 Å². The van der Waals surface area contributed by atoms with Crippen molar-refractivity contribution < 1.29 is 29.0 Å².